The van der Waals surface area contributed by atoms with Gasteiger partial charge in [-0.05, 0) is 47.5 Å². The van der Waals surface area contributed by atoms with Crippen molar-refractivity contribution in [3.8, 4) is 0 Å². The second kappa shape index (κ2) is 4.96. The molecule has 2 rings (SSSR count). The van der Waals surface area contributed by atoms with Crippen LogP contribution < -0.4 is 5.73 Å². The molecule has 1 fully saturated rings. The zero-order valence-electron chi connectivity index (χ0n) is 9.49. The molecule has 1 heterocycles. The molecule has 1 aromatic rings. The SMILES string of the molecule is CC1C(N)CCN1C(=O)c1cc(Cl)ccc1Br. The monoisotopic (exact) mass is 316 g/mol. The van der Waals surface area contributed by atoms with Crippen molar-refractivity contribution >= 4 is 33.4 Å². The summed E-state index contributed by atoms with van der Waals surface area (Å²) in [4.78, 5) is 14.2. The number of rotatable bonds is 1. The van der Waals surface area contributed by atoms with Crippen LogP contribution in [0.1, 0.15) is 23.7 Å². The van der Waals surface area contributed by atoms with Crippen molar-refractivity contribution in [1.82, 2.24) is 4.90 Å². The molecule has 5 heteroatoms. The van der Waals surface area contributed by atoms with Crippen molar-refractivity contribution in [3.63, 3.8) is 0 Å². The van der Waals surface area contributed by atoms with Gasteiger partial charge in [-0.25, -0.2) is 0 Å². The highest BCUT2D eigenvalue weighted by Gasteiger charge is 2.32. The van der Waals surface area contributed by atoms with E-state index in [4.69, 9.17) is 17.3 Å². The Bertz CT molecular complexity index is 452. The van der Waals surface area contributed by atoms with Crippen LogP contribution in [0.2, 0.25) is 5.02 Å². The smallest absolute Gasteiger partial charge is 0.255 e. The highest BCUT2D eigenvalue weighted by atomic mass is 79.9. The van der Waals surface area contributed by atoms with E-state index in [1.165, 1.54) is 0 Å². The van der Waals surface area contributed by atoms with E-state index in [9.17, 15) is 4.79 Å². The number of hydrogen-bond donors (Lipinski definition) is 1. The molecule has 0 aromatic heterocycles. The standard InChI is InChI=1S/C12H14BrClN2O/c1-7-11(15)4-5-16(7)12(17)9-6-8(14)2-3-10(9)13/h2-3,6-7,11H,4-5,15H2,1H3. The average Bonchev–Trinajstić information content (AvgIpc) is 2.62. The third kappa shape index (κ3) is 2.49. The molecule has 2 atom stereocenters. The van der Waals surface area contributed by atoms with E-state index in [0.717, 1.165) is 10.9 Å². The van der Waals surface area contributed by atoms with Gasteiger partial charge in [0.2, 0.25) is 0 Å². The van der Waals surface area contributed by atoms with Crippen molar-refractivity contribution in [1.29, 1.82) is 0 Å². The van der Waals surface area contributed by atoms with Gasteiger partial charge in [0.15, 0.2) is 0 Å². The van der Waals surface area contributed by atoms with Gasteiger partial charge in [-0.15, -0.1) is 0 Å². The first kappa shape index (κ1) is 12.9. The van der Waals surface area contributed by atoms with Crippen LogP contribution in [0.4, 0.5) is 0 Å². The minimum absolute atomic E-state index is 0.0141. The zero-order valence-corrected chi connectivity index (χ0v) is 11.8. The van der Waals surface area contributed by atoms with Gasteiger partial charge in [0.05, 0.1) is 5.56 Å². The molecule has 3 nitrogen and oxygen atoms in total. The first-order valence-corrected chi connectivity index (χ1v) is 6.69. The molecule has 0 bridgehead atoms. The van der Waals surface area contributed by atoms with Gasteiger partial charge >= 0.3 is 0 Å². The van der Waals surface area contributed by atoms with E-state index in [2.05, 4.69) is 15.9 Å². The van der Waals surface area contributed by atoms with E-state index >= 15 is 0 Å². The van der Waals surface area contributed by atoms with Crippen LogP contribution in [0.3, 0.4) is 0 Å². The maximum absolute atomic E-state index is 12.4. The summed E-state index contributed by atoms with van der Waals surface area (Å²) in [6.07, 6.45) is 0.852. The zero-order chi connectivity index (χ0) is 12.6. The molecule has 2 unspecified atom stereocenters. The van der Waals surface area contributed by atoms with Crippen LogP contribution >= 0.6 is 27.5 Å². The topological polar surface area (TPSA) is 46.3 Å². The first-order chi connectivity index (χ1) is 8.00. The molecule has 1 amide bonds. The molecule has 17 heavy (non-hydrogen) atoms. The summed E-state index contributed by atoms with van der Waals surface area (Å²) < 4.78 is 0.763. The van der Waals surface area contributed by atoms with E-state index in [1.54, 1.807) is 23.1 Å². The molecule has 1 aromatic carbocycles. The maximum atomic E-state index is 12.4. The Morgan fingerprint density at radius 3 is 2.88 bits per heavy atom. The number of hydrogen-bond acceptors (Lipinski definition) is 2. The van der Waals surface area contributed by atoms with Gasteiger partial charge < -0.3 is 10.6 Å². The minimum atomic E-state index is -0.0141. The molecule has 0 spiro atoms. The Morgan fingerprint density at radius 1 is 1.59 bits per heavy atom. The normalized spacial score (nSPS) is 24.1. The third-order valence-corrected chi connectivity index (χ3v) is 4.16. The fraction of sp³-hybridized carbons (Fsp3) is 0.417. The Hall–Kier alpha value is -0.580. The molecule has 1 saturated heterocycles. The molecule has 2 N–H and O–H groups in total. The lowest BCUT2D eigenvalue weighted by Gasteiger charge is -2.23. The Balaban J connectivity index is 2.28. The summed E-state index contributed by atoms with van der Waals surface area (Å²) in [5.41, 5.74) is 6.52. The van der Waals surface area contributed by atoms with Crippen molar-refractivity contribution < 1.29 is 4.79 Å². The Labute approximate surface area is 114 Å². The van der Waals surface area contributed by atoms with Crippen LogP contribution in [0.5, 0.6) is 0 Å². The number of nitrogens with zero attached hydrogens (tertiary/aromatic N) is 1. The lowest BCUT2D eigenvalue weighted by Crippen LogP contribution is -2.40. The number of likely N-dealkylation sites (tertiary alicyclic amines) is 1. The summed E-state index contributed by atoms with van der Waals surface area (Å²) in [5.74, 6) is -0.0141. The highest BCUT2D eigenvalue weighted by Crippen LogP contribution is 2.25. The maximum Gasteiger partial charge on any atom is 0.255 e. The van der Waals surface area contributed by atoms with Crippen LogP contribution in [-0.4, -0.2) is 29.4 Å². The first-order valence-electron chi connectivity index (χ1n) is 5.52. The van der Waals surface area contributed by atoms with Crippen molar-refractivity contribution in [2.24, 2.45) is 5.73 Å². The van der Waals surface area contributed by atoms with E-state index < -0.39 is 0 Å². The lowest BCUT2D eigenvalue weighted by atomic mass is 10.1. The molecule has 1 aliphatic rings. The summed E-state index contributed by atoms with van der Waals surface area (Å²) in [6, 6.07) is 5.37. The van der Waals surface area contributed by atoms with Gasteiger partial charge in [0.1, 0.15) is 0 Å². The van der Waals surface area contributed by atoms with Crippen molar-refractivity contribution in [2.75, 3.05) is 6.54 Å². The van der Waals surface area contributed by atoms with Gasteiger partial charge in [-0.1, -0.05) is 11.6 Å². The lowest BCUT2D eigenvalue weighted by molar-refractivity contribution is 0.0741. The number of halogens is 2. The van der Waals surface area contributed by atoms with Gasteiger partial charge in [-0.3, -0.25) is 4.79 Å². The number of amides is 1. The molecular weight excluding hydrogens is 304 g/mol. The molecule has 92 valence electrons. The highest BCUT2D eigenvalue weighted by molar-refractivity contribution is 9.10. The number of benzene rings is 1. The quantitative estimate of drug-likeness (QED) is 0.865. The fourth-order valence-electron chi connectivity index (χ4n) is 2.07. The van der Waals surface area contributed by atoms with Crippen LogP contribution in [-0.2, 0) is 0 Å². The van der Waals surface area contributed by atoms with Crippen LogP contribution in [0.15, 0.2) is 22.7 Å². The summed E-state index contributed by atoms with van der Waals surface area (Å²) in [5, 5.41) is 0.563. The predicted molar refractivity (Wildman–Crippen MR) is 72.2 cm³/mol. The largest absolute Gasteiger partial charge is 0.334 e. The third-order valence-electron chi connectivity index (χ3n) is 3.23. The van der Waals surface area contributed by atoms with E-state index in [-0.39, 0.29) is 18.0 Å². The number of carbonyl (C=O) groups is 1. The van der Waals surface area contributed by atoms with Crippen molar-refractivity contribution in [2.45, 2.75) is 25.4 Å². The average molecular weight is 318 g/mol. The van der Waals surface area contributed by atoms with Gasteiger partial charge in [0, 0.05) is 28.1 Å². The second-order valence-corrected chi connectivity index (χ2v) is 5.61. The number of nitrogens with two attached hydrogens (primary N) is 1. The van der Waals surface area contributed by atoms with Crippen LogP contribution in [0, 0.1) is 0 Å². The number of carbonyl (C=O) groups excluding carboxylic acids is 1. The van der Waals surface area contributed by atoms with Crippen molar-refractivity contribution in [3.05, 3.63) is 33.3 Å². The molecule has 0 aliphatic carbocycles. The molecule has 0 radical (unpaired) electrons. The summed E-state index contributed by atoms with van der Waals surface area (Å²) in [6.45, 7) is 2.69. The van der Waals surface area contributed by atoms with Crippen LogP contribution in [0.25, 0.3) is 0 Å². The summed E-state index contributed by atoms with van der Waals surface area (Å²) in [7, 11) is 0. The molecular formula is C12H14BrClN2O. The molecule has 1 aliphatic heterocycles. The summed E-state index contributed by atoms with van der Waals surface area (Å²) >= 11 is 9.29. The van der Waals surface area contributed by atoms with E-state index in [0.29, 0.717) is 17.1 Å². The minimum Gasteiger partial charge on any atom is -0.334 e. The molecule has 0 saturated carbocycles. The fourth-order valence-corrected chi connectivity index (χ4v) is 2.66. The van der Waals surface area contributed by atoms with E-state index in [1.807, 2.05) is 6.92 Å². The Kier molecular flexibility index (Phi) is 3.76. The van der Waals surface area contributed by atoms with Gasteiger partial charge in [0.25, 0.3) is 5.91 Å². The Morgan fingerprint density at radius 2 is 2.29 bits per heavy atom. The predicted octanol–water partition coefficient (Wildman–Crippen LogP) is 2.66. The van der Waals surface area contributed by atoms with Gasteiger partial charge in [-0.2, -0.15) is 0 Å². The second-order valence-electron chi connectivity index (χ2n) is 4.32.